The highest BCUT2D eigenvalue weighted by Gasteiger charge is 2.26. The zero-order valence-electron chi connectivity index (χ0n) is 17.5. The number of pyridine rings is 1. The van der Waals surface area contributed by atoms with Gasteiger partial charge in [0, 0.05) is 37.2 Å². The highest BCUT2D eigenvalue weighted by molar-refractivity contribution is 7.89. The lowest BCUT2D eigenvalue weighted by molar-refractivity contribution is -0.116. The monoisotopic (exact) mass is 457 g/mol. The number of aromatic nitrogens is 3. The Bertz CT molecular complexity index is 1190. The highest BCUT2D eigenvalue weighted by atomic mass is 32.2. The maximum absolute atomic E-state index is 12.7. The fraction of sp³-hybridized carbons (Fsp3) is 0.333. The van der Waals surface area contributed by atoms with Crippen molar-refractivity contribution in [3.63, 3.8) is 0 Å². The van der Waals surface area contributed by atoms with Crippen LogP contribution in [0.1, 0.15) is 18.0 Å². The molecule has 2 aromatic heterocycles. The van der Waals surface area contributed by atoms with Crippen LogP contribution in [0, 0.1) is 6.92 Å². The molecule has 0 unspecified atom stereocenters. The van der Waals surface area contributed by atoms with Gasteiger partial charge in [0.05, 0.1) is 18.1 Å². The van der Waals surface area contributed by atoms with Gasteiger partial charge in [0.2, 0.25) is 27.6 Å². The molecule has 0 spiro atoms. The first-order valence-corrected chi connectivity index (χ1v) is 11.6. The summed E-state index contributed by atoms with van der Waals surface area (Å²) in [5.41, 5.74) is 1.43. The first kappa shape index (κ1) is 22.1. The van der Waals surface area contributed by atoms with E-state index in [-0.39, 0.29) is 23.6 Å². The van der Waals surface area contributed by atoms with Gasteiger partial charge in [-0.15, -0.1) is 0 Å². The summed E-state index contributed by atoms with van der Waals surface area (Å²) in [6.45, 7) is 3.31. The van der Waals surface area contributed by atoms with Crippen LogP contribution < -0.4 is 5.32 Å². The van der Waals surface area contributed by atoms with E-state index >= 15 is 0 Å². The van der Waals surface area contributed by atoms with Gasteiger partial charge in [-0.2, -0.15) is 9.29 Å². The summed E-state index contributed by atoms with van der Waals surface area (Å²) < 4.78 is 37.3. The molecule has 1 saturated heterocycles. The Morgan fingerprint density at radius 1 is 1.09 bits per heavy atom. The van der Waals surface area contributed by atoms with Crippen LogP contribution >= 0.6 is 0 Å². The largest absolute Gasteiger partial charge is 0.379 e. The number of amides is 1. The minimum atomic E-state index is -3.56. The second-order valence-electron chi connectivity index (χ2n) is 7.26. The van der Waals surface area contributed by atoms with Crippen LogP contribution in [0.15, 0.2) is 51.9 Å². The van der Waals surface area contributed by atoms with Crippen LogP contribution in [0.4, 0.5) is 5.82 Å². The van der Waals surface area contributed by atoms with Crippen molar-refractivity contribution in [3.05, 3.63) is 54.0 Å². The molecule has 1 amide bonds. The van der Waals surface area contributed by atoms with Gasteiger partial charge in [-0.3, -0.25) is 4.79 Å². The number of morpholine rings is 1. The smallest absolute Gasteiger partial charge is 0.243 e. The molecule has 0 radical (unpaired) electrons. The van der Waals surface area contributed by atoms with Crippen molar-refractivity contribution in [3.8, 4) is 11.4 Å². The van der Waals surface area contributed by atoms with Crippen molar-refractivity contribution in [2.45, 2.75) is 24.7 Å². The van der Waals surface area contributed by atoms with Gasteiger partial charge in [0.15, 0.2) is 0 Å². The van der Waals surface area contributed by atoms with Crippen molar-refractivity contribution in [2.75, 3.05) is 31.6 Å². The zero-order chi connectivity index (χ0) is 22.6. The number of sulfonamides is 1. The maximum atomic E-state index is 12.7. The summed E-state index contributed by atoms with van der Waals surface area (Å²) in [6, 6.07) is 11.7. The predicted molar refractivity (Wildman–Crippen MR) is 115 cm³/mol. The third-order valence-electron chi connectivity index (χ3n) is 4.91. The number of benzene rings is 1. The SMILES string of the molecule is Cc1cccc(NC(=O)CCc2nc(-c3ccc(S(=O)(=O)N4CCOCC4)cc3)no2)n1. The molecule has 168 valence electrons. The van der Waals surface area contributed by atoms with E-state index in [0.717, 1.165) is 5.69 Å². The third-order valence-corrected chi connectivity index (χ3v) is 6.82. The molecule has 3 heterocycles. The lowest BCUT2D eigenvalue weighted by Gasteiger charge is -2.26. The van der Waals surface area contributed by atoms with Crippen molar-refractivity contribution in [1.29, 1.82) is 0 Å². The lowest BCUT2D eigenvalue weighted by atomic mass is 10.2. The Morgan fingerprint density at radius 2 is 1.84 bits per heavy atom. The number of carbonyl (C=O) groups is 1. The lowest BCUT2D eigenvalue weighted by Crippen LogP contribution is -2.40. The molecule has 10 nitrogen and oxygen atoms in total. The summed E-state index contributed by atoms with van der Waals surface area (Å²) in [6.07, 6.45) is 0.433. The zero-order valence-corrected chi connectivity index (χ0v) is 18.3. The molecule has 1 aliphatic rings. The van der Waals surface area contributed by atoms with E-state index in [2.05, 4.69) is 20.4 Å². The van der Waals surface area contributed by atoms with Gasteiger partial charge in [0.25, 0.3) is 0 Å². The normalized spacial score (nSPS) is 14.9. The molecule has 32 heavy (non-hydrogen) atoms. The number of aryl methyl sites for hydroxylation is 2. The Hall–Kier alpha value is -3.15. The van der Waals surface area contributed by atoms with Crippen LogP contribution in [-0.4, -0.2) is 60.1 Å². The average molecular weight is 458 g/mol. The molecule has 1 aliphatic heterocycles. The van der Waals surface area contributed by atoms with Gasteiger partial charge in [-0.1, -0.05) is 11.2 Å². The Labute approximate surface area is 185 Å². The number of hydrogen-bond donors (Lipinski definition) is 1. The van der Waals surface area contributed by atoms with Gasteiger partial charge < -0.3 is 14.6 Å². The first-order chi connectivity index (χ1) is 15.4. The van der Waals surface area contributed by atoms with Crippen LogP contribution in [0.5, 0.6) is 0 Å². The van der Waals surface area contributed by atoms with Gasteiger partial charge in [-0.05, 0) is 43.3 Å². The van der Waals surface area contributed by atoms with Crippen molar-refractivity contribution in [2.24, 2.45) is 0 Å². The molecule has 0 aliphatic carbocycles. The van der Waals surface area contributed by atoms with E-state index in [1.54, 1.807) is 18.2 Å². The number of carbonyl (C=O) groups excluding carboxylic acids is 1. The summed E-state index contributed by atoms with van der Waals surface area (Å²) in [7, 11) is -3.56. The second kappa shape index (κ2) is 9.55. The number of anilines is 1. The van der Waals surface area contributed by atoms with Gasteiger partial charge >= 0.3 is 0 Å². The maximum Gasteiger partial charge on any atom is 0.243 e. The third kappa shape index (κ3) is 5.18. The first-order valence-electron chi connectivity index (χ1n) is 10.2. The van der Waals surface area contributed by atoms with E-state index in [1.807, 2.05) is 19.1 Å². The number of nitrogens with zero attached hydrogens (tertiary/aromatic N) is 4. The Balaban J connectivity index is 1.36. The predicted octanol–water partition coefficient (Wildman–Crippen LogP) is 2.03. The van der Waals surface area contributed by atoms with Crippen molar-refractivity contribution in [1.82, 2.24) is 19.4 Å². The minimum absolute atomic E-state index is 0.161. The topological polar surface area (TPSA) is 128 Å². The molecular formula is C21H23N5O5S. The fourth-order valence-corrected chi connectivity index (χ4v) is 4.63. The van der Waals surface area contributed by atoms with Crippen molar-refractivity contribution >= 4 is 21.7 Å². The molecule has 4 rings (SSSR count). The van der Waals surface area contributed by atoms with Crippen LogP contribution in [-0.2, 0) is 26.0 Å². The second-order valence-corrected chi connectivity index (χ2v) is 9.20. The van der Waals surface area contributed by atoms with Gasteiger partial charge in [0.1, 0.15) is 5.82 Å². The molecular weight excluding hydrogens is 434 g/mol. The van der Waals surface area contributed by atoms with E-state index in [9.17, 15) is 13.2 Å². The average Bonchev–Trinajstić information content (AvgIpc) is 3.28. The number of hydrogen-bond acceptors (Lipinski definition) is 8. The molecule has 1 N–H and O–H groups in total. The van der Waals surface area contributed by atoms with E-state index in [0.29, 0.717) is 49.4 Å². The number of ether oxygens (including phenoxy) is 1. The molecule has 3 aromatic rings. The molecule has 0 saturated carbocycles. The van der Waals surface area contributed by atoms with E-state index in [4.69, 9.17) is 9.26 Å². The minimum Gasteiger partial charge on any atom is -0.379 e. The number of nitrogens with one attached hydrogen (secondary N) is 1. The number of rotatable bonds is 7. The quantitative estimate of drug-likeness (QED) is 0.571. The van der Waals surface area contributed by atoms with E-state index < -0.39 is 10.0 Å². The molecule has 0 atom stereocenters. The molecule has 1 fully saturated rings. The van der Waals surface area contributed by atoms with Crippen LogP contribution in [0.2, 0.25) is 0 Å². The van der Waals surface area contributed by atoms with Crippen LogP contribution in [0.25, 0.3) is 11.4 Å². The summed E-state index contributed by atoms with van der Waals surface area (Å²) >= 11 is 0. The summed E-state index contributed by atoms with van der Waals surface area (Å²) in [4.78, 5) is 20.9. The van der Waals surface area contributed by atoms with E-state index in [1.165, 1.54) is 16.4 Å². The standard InChI is InChI=1S/C21H23N5O5S/c1-15-3-2-4-18(22-15)23-19(27)9-10-20-24-21(25-31-20)16-5-7-17(8-6-16)32(28,29)26-11-13-30-14-12-26/h2-8H,9-14H2,1H3,(H,22,23,27). The van der Waals surface area contributed by atoms with Crippen molar-refractivity contribution < 1.29 is 22.5 Å². The van der Waals surface area contributed by atoms with Crippen LogP contribution in [0.3, 0.4) is 0 Å². The Morgan fingerprint density at radius 3 is 2.56 bits per heavy atom. The highest BCUT2D eigenvalue weighted by Crippen LogP contribution is 2.22. The van der Waals surface area contributed by atoms with Gasteiger partial charge in [-0.25, -0.2) is 13.4 Å². The molecule has 0 bridgehead atoms. The fourth-order valence-electron chi connectivity index (χ4n) is 3.22. The Kier molecular flexibility index (Phi) is 6.58. The molecule has 1 aromatic carbocycles. The summed E-state index contributed by atoms with van der Waals surface area (Å²) in [5, 5.41) is 6.67. The summed E-state index contributed by atoms with van der Waals surface area (Å²) in [5.74, 6) is 0.933. The molecule has 11 heteroatoms.